The molecule has 0 spiro atoms. The van der Waals surface area contributed by atoms with Gasteiger partial charge in [-0.3, -0.25) is 9.78 Å². The molecule has 3 aromatic rings. The molecule has 0 aliphatic heterocycles. The number of hydrogen-bond acceptors (Lipinski definition) is 3. The first-order valence-electron chi connectivity index (χ1n) is 5.43. The van der Waals surface area contributed by atoms with Crippen molar-refractivity contribution in [2.24, 2.45) is 0 Å². The lowest BCUT2D eigenvalue weighted by Gasteiger charge is -1.97. The molecule has 0 bridgehead atoms. The molecule has 0 fully saturated rings. The lowest BCUT2D eigenvalue weighted by Crippen LogP contribution is -2.07. The Hall–Kier alpha value is -2.21. The molecular weight excluding hydrogens is 248 g/mol. The molecule has 0 aliphatic rings. The van der Waals surface area contributed by atoms with Crippen molar-refractivity contribution in [1.82, 2.24) is 19.9 Å². The zero-order valence-electron chi connectivity index (χ0n) is 9.57. The van der Waals surface area contributed by atoms with Crippen molar-refractivity contribution >= 4 is 23.4 Å². The minimum atomic E-state index is -0.264. The van der Waals surface area contributed by atoms with E-state index >= 15 is 0 Å². The van der Waals surface area contributed by atoms with Gasteiger partial charge in [0.2, 0.25) is 0 Å². The summed E-state index contributed by atoms with van der Waals surface area (Å²) >= 11 is 4.91. The summed E-state index contributed by atoms with van der Waals surface area (Å²) in [5.41, 5.74) is 2.68. The lowest BCUT2D eigenvalue weighted by atomic mass is 10.1. The molecule has 2 aromatic heterocycles. The van der Waals surface area contributed by atoms with Crippen LogP contribution >= 0.6 is 12.2 Å². The highest BCUT2D eigenvalue weighted by Crippen LogP contribution is 2.18. The summed E-state index contributed by atoms with van der Waals surface area (Å²) in [6.07, 6.45) is 0. The van der Waals surface area contributed by atoms with Gasteiger partial charge in [-0.05, 0) is 25.2 Å². The van der Waals surface area contributed by atoms with E-state index in [4.69, 9.17) is 12.2 Å². The van der Waals surface area contributed by atoms with Crippen molar-refractivity contribution in [3.63, 3.8) is 0 Å². The molecule has 3 rings (SSSR count). The number of aromatic amines is 3. The Bertz CT molecular complexity index is 843. The molecular formula is C12H10N4OS. The second-order valence-electron chi connectivity index (χ2n) is 4.09. The minimum Gasteiger partial charge on any atom is -0.332 e. The predicted octanol–water partition coefficient (Wildman–Crippen LogP) is 2.28. The number of nitrogens with one attached hydrogen (secondary N) is 3. The zero-order valence-corrected chi connectivity index (χ0v) is 10.4. The van der Waals surface area contributed by atoms with Crippen molar-refractivity contribution in [3.05, 3.63) is 45.0 Å². The number of rotatable bonds is 1. The molecule has 6 heteroatoms. The van der Waals surface area contributed by atoms with Gasteiger partial charge in [0.15, 0.2) is 10.4 Å². The molecule has 0 radical (unpaired) electrons. The van der Waals surface area contributed by atoms with Gasteiger partial charge in [-0.1, -0.05) is 23.8 Å². The monoisotopic (exact) mass is 258 g/mol. The molecule has 18 heavy (non-hydrogen) atoms. The molecule has 2 heterocycles. The summed E-state index contributed by atoms with van der Waals surface area (Å²) in [5, 5.41) is 0. The van der Waals surface area contributed by atoms with E-state index in [-0.39, 0.29) is 10.3 Å². The zero-order chi connectivity index (χ0) is 12.7. The van der Waals surface area contributed by atoms with Gasteiger partial charge in [0.1, 0.15) is 11.3 Å². The minimum absolute atomic E-state index is 0.264. The van der Waals surface area contributed by atoms with Crippen molar-refractivity contribution in [2.45, 2.75) is 6.92 Å². The van der Waals surface area contributed by atoms with Crippen LogP contribution in [0.2, 0.25) is 0 Å². The fraction of sp³-hybridized carbons (Fsp3) is 0.0833. The van der Waals surface area contributed by atoms with Crippen LogP contribution < -0.4 is 5.56 Å². The van der Waals surface area contributed by atoms with E-state index in [1.54, 1.807) is 0 Å². The number of fused-ring (bicyclic) bond motifs is 1. The molecule has 0 atom stereocenters. The molecule has 0 aliphatic carbocycles. The highest BCUT2D eigenvalue weighted by molar-refractivity contribution is 7.71. The fourth-order valence-electron chi connectivity index (χ4n) is 1.86. The number of H-pyrrole nitrogens is 3. The van der Waals surface area contributed by atoms with Gasteiger partial charge in [-0.15, -0.1) is 0 Å². The number of nitrogens with zero attached hydrogens (tertiary/aromatic N) is 1. The largest absolute Gasteiger partial charge is 0.332 e. The van der Waals surface area contributed by atoms with Gasteiger partial charge in [-0.2, -0.15) is 0 Å². The Kier molecular flexibility index (Phi) is 2.38. The van der Waals surface area contributed by atoms with E-state index in [1.807, 2.05) is 31.2 Å². The van der Waals surface area contributed by atoms with E-state index in [0.29, 0.717) is 17.0 Å². The predicted molar refractivity (Wildman–Crippen MR) is 72.1 cm³/mol. The normalized spacial score (nSPS) is 10.9. The van der Waals surface area contributed by atoms with Gasteiger partial charge in [-0.25, -0.2) is 4.98 Å². The second-order valence-corrected chi connectivity index (χ2v) is 4.49. The fourth-order valence-corrected chi connectivity index (χ4v) is 2.05. The van der Waals surface area contributed by atoms with Crippen LogP contribution in [0, 0.1) is 11.7 Å². The van der Waals surface area contributed by atoms with Crippen LogP contribution in [-0.2, 0) is 0 Å². The second kappa shape index (κ2) is 3.92. The maximum absolute atomic E-state index is 11.7. The average Bonchev–Trinajstić information content (AvgIpc) is 2.73. The van der Waals surface area contributed by atoms with Crippen LogP contribution in [-0.4, -0.2) is 19.9 Å². The average molecular weight is 258 g/mol. The lowest BCUT2D eigenvalue weighted by molar-refractivity contribution is 1.12. The number of aryl methyl sites for hydroxylation is 1. The molecule has 0 amide bonds. The summed E-state index contributed by atoms with van der Waals surface area (Å²) < 4.78 is 0.273. The number of aromatic nitrogens is 4. The summed E-state index contributed by atoms with van der Waals surface area (Å²) in [4.78, 5) is 24.4. The van der Waals surface area contributed by atoms with E-state index in [0.717, 1.165) is 11.1 Å². The van der Waals surface area contributed by atoms with E-state index in [9.17, 15) is 4.79 Å². The Balaban J connectivity index is 2.29. The van der Waals surface area contributed by atoms with Crippen LogP contribution in [0.25, 0.3) is 22.6 Å². The topological polar surface area (TPSA) is 77.3 Å². The Morgan fingerprint density at radius 1 is 1.22 bits per heavy atom. The Morgan fingerprint density at radius 2 is 2.06 bits per heavy atom. The van der Waals surface area contributed by atoms with Gasteiger partial charge >= 0.3 is 0 Å². The molecule has 0 saturated carbocycles. The number of hydrogen-bond donors (Lipinski definition) is 3. The summed E-state index contributed by atoms with van der Waals surface area (Å²) in [6, 6.07) is 7.89. The summed E-state index contributed by atoms with van der Waals surface area (Å²) in [6.45, 7) is 2.01. The first-order chi connectivity index (χ1) is 8.63. The SMILES string of the molecule is Cc1cccc(-c2nc3[nH]c(=S)[nH]c(=O)c3[nH]2)c1. The van der Waals surface area contributed by atoms with Gasteiger partial charge < -0.3 is 9.97 Å². The summed E-state index contributed by atoms with van der Waals surface area (Å²) in [7, 11) is 0. The van der Waals surface area contributed by atoms with Crippen LogP contribution in [0.5, 0.6) is 0 Å². The maximum Gasteiger partial charge on any atom is 0.277 e. The van der Waals surface area contributed by atoms with E-state index in [1.165, 1.54) is 0 Å². The first kappa shape index (κ1) is 10.9. The Labute approximate surface area is 107 Å². The third-order valence-corrected chi connectivity index (χ3v) is 2.89. The van der Waals surface area contributed by atoms with Crippen LogP contribution in [0.15, 0.2) is 29.1 Å². The smallest absolute Gasteiger partial charge is 0.277 e. The van der Waals surface area contributed by atoms with Gasteiger partial charge in [0.05, 0.1) is 0 Å². The molecule has 90 valence electrons. The molecule has 0 unspecified atom stereocenters. The molecule has 0 saturated heterocycles. The summed E-state index contributed by atoms with van der Waals surface area (Å²) in [5.74, 6) is 0.649. The van der Waals surface area contributed by atoms with E-state index in [2.05, 4.69) is 19.9 Å². The quantitative estimate of drug-likeness (QED) is 0.586. The Morgan fingerprint density at radius 3 is 2.83 bits per heavy atom. The van der Waals surface area contributed by atoms with E-state index < -0.39 is 0 Å². The third-order valence-electron chi connectivity index (χ3n) is 2.68. The van der Waals surface area contributed by atoms with Gasteiger partial charge in [0, 0.05) is 5.56 Å². The van der Waals surface area contributed by atoms with Gasteiger partial charge in [0.25, 0.3) is 5.56 Å². The van der Waals surface area contributed by atoms with Crippen LogP contribution in [0.1, 0.15) is 5.56 Å². The van der Waals surface area contributed by atoms with Crippen molar-refractivity contribution in [3.8, 4) is 11.4 Å². The first-order valence-corrected chi connectivity index (χ1v) is 5.84. The molecule has 3 N–H and O–H groups in total. The third kappa shape index (κ3) is 1.76. The molecule has 5 nitrogen and oxygen atoms in total. The van der Waals surface area contributed by atoms with Crippen molar-refractivity contribution in [1.29, 1.82) is 0 Å². The van der Waals surface area contributed by atoms with Crippen molar-refractivity contribution in [2.75, 3.05) is 0 Å². The number of imidazole rings is 1. The molecule has 1 aromatic carbocycles. The van der Waals surface area contributed by atoms with Crippen LogP contribution in [0.4, 0.5) is 0 Å². The maximum atomic E-state index is 11.7. The highest BCUT2D eigenvalue weighted by Gasteiger charge is 2.08. The van der Waals surface area contributed by atoms with Crippen molar-refractivity contribution < 1.29 is 0 Å². The highest BCUT2D eigenvalue weighted by atomic mass is 32.1. The number of benzene rings is 1. The van der Waals surface area contributed by atoms with Crippen LogP contribution in [0.3, 0.4) is 0 Å². The standard InChI is InChI=1S/C12H10N4OS/c1-6-3-2-4-7(5-6)9-13-8-10(14-9)15-12(18)16-11(8)17/h2-5H,1H3,(H3,13,14,15,16,17,18).